The van der Waals surface area contributed by atoms with Crippen LogP contribution in [0.1, 0.15) is 39.5 Å². The van der Waals surface area contributed by atoms with E-state index in [1.807, 2.05) is 0 Å². The van der Waals surface area contributed by atoms with Crippen LogP contribution in [-0.4, -0.2) is 102 Å². The Hall–Kier alpha value is -2.64. The van der Waals surface area contributed by atoms with E-state index >= 15 is 0 Å². The van der Waals surface area contributed by atoms with Gasteiger partial charge in [-0.25, -0.2) is 19.2 Å². The zero-order chi connectivity index (χ0) is 25.5. The number of ether oxygens (including phenoxy) is 9. The SMILES string of the molecule is C[C@H](OC(=O)OCCOCCOC(=O)O[C@H](C)C(=O)OC[C@@H]1CCCO1)C(=O)OC[C@@H]1CCCO1. The van der Waals surface area contributed by atoms with Gasteiger partial charge in [0.15, 0.2) is 12.2 Å². The first-order valence-electron chi connectivity index (χ1n) is 11.7. The third kappa shape index (κ3) is 12.1. The molecule has 2 aliphatic heterocycles. The summed E-state index contributed by atoms with van der Waals surface area (Å²) < 4.78 is 45.2. The molecule has 13 nitrogen and oxygen atoms in total. The fourth-order valence-electron chi connectivity index (χ4n) is 3.06. The summed E-state index contributed by atoms with van der Waals surface area (Å²) in [6.07, 6.45) is -1.10. The average Bonchev–Trinajstić information content (AvgIpc) is 3.54. The minimum absolute atomic E-state index is 0.00266. The maximum absolute atomic E-state index is 11.8. The molecule has 2 aliphatic rings. The van der Waals surface area contributed by atoms with E-state index in [-0.39, 0.29) is 51.8 Å². The molecule has 2 heterocycles. The smallest absolute Gasteiger partial charge is 0.460 e. The summed E-state index contributed by atoms with van der Waals surface area (Å²) in [6.45, 7) is 3.97. The topological polar surface area (TPSA) is 151 Å². The Labute approximate surface area is 203 Å². The molecule has 0 radical (unpaired) electrons. The van der Waals surface area contributed by atoms with E-state index in [1.165, 1.54) is 13.8 Å². The Morgan fingerprint density at radius 3 is 1.49 bits per heavy atom. The van der Waals surface area contributed by atoms with Crippen molar-refractivity contribution in [3.8, 4) is 0 Å². The van der Waals surface area contributed by atoms with Crippen molar-refractivity contribution in [2.24, 2.45) is 0 Å². The van der Waals surface area contributed by atoms with Crippen molar-refractivity contribution in [2.75, 3.05) is 52.9 Å². The molecule has 2 rings (SSSR count). The highest BCUT2D eigenvalue weighted by Crippen LogP contribution is 2.13. The summed E-state index contributed by atoms with van der Waals surface area (Å²) >= 11 is 0. The normalized spacial score (nSPS) is 21.0. The van der Waals surface area contributed by atoms with E-state index in [4.69, 9.17) is 42.6 Å². The van der Waals surface area contributed by atoms with Gasteiger partial charge in [-0.1, -0.05) is 0 Å². The number of rotatable bonds is 14. The summed E-state index contributed by atoms with van der Waals surface area (Å²) in [5, 5.41) is 0. The van der Waals surface area contributed by atoms with Crippen molar-refractivity contribution < 1.29 is 61.8 Å². The minimum atomic E-state index is -1.13. The number of esters is 2. The van der Waals surface area contributed by atoms with Gasteiger partial charge in [0, 0.05) is 13.2 Å². The van der Waals surface area contributed by atoms with E-state index in [2.05, 4.69) is 0 Å². The monoisotopic (exact) mass is 506 g/mol. The molecule has 35 heavy (non-hydrogen) atoms. The molecule has 0 unspecified atom stereocenters. The van der Waals surface area contributed by atoms with Crippen molar-refractivity contribution in [1.29, 1.82) is 0 Å². The van der Waals surface area contributed by atoms with Crippen molar-refractivity contribution in [2.45, 2.75) is 63.9 Å². The van der Waals surface area contributed by atoms with Crippen LogP contribution in [0.15, 0.2) is 0 Å². The standard InChI is InChI=1S/C22H34O13/c1-15(19(23)32-13-17-5-3-7-28-17)34-21(25)30-11-9-27-10-12-31-22(26)35-16(2)20(24)33-14-18-6-4-8-29-18/h15-18H,3-14H2,1-2H3/t15-,16+,17-,18-/m0/s1. The van der Waals surface area contributed by atoms with E-state index < -0.39 is 36.5 Å². The zero-order valence-electron chi connectivity index (χ0n) is 20.1. The van der Waals surface area contributed by atoms with Crippen LogP contribution in [0.4, 0.5) is 9.59 Å². The molecule has 0 amide bonds. The van der Waals surface area contributed by atoms with Gasteiger partial charge in [-0.05, 0) is 39.5 Å². The summed E-state index contributed by atoms with van der Waals surface area (Å²) in [4.78, 5) is 46.8. The molecule has 13 heteroatoms. The van der Waals surface area contributed by atoms with Gasteiger partial charge < -0.3 is 42.6 Å². The molecule has 4 atom stereocenters. The second-order valence-electron chi connectivity index (χ2n) is 7.86. The molecule has 0 saturated carbocycles. The summed E-state index contributed by atoms with van der Waals surface area (Å²) in [5.41, 5.74) is 0. The van der Waals surface area contributed by atoms with Gasteiger partial charge in [0.2, 0.25) is 0 Å². The maximum atomic E-state index is 11.8. The molecule has 0 aromatic rings. The largest absolute Gasteiger partial charge is 0.509 e. The summed E-state index contributed by atoms with van der Waals surface area (Å²) in [5.74, 6) is -1.38. The van der Waals surface area contributed by atoms with E-state index in [1.54, 1.807) is 0 Å². The van der Waals surface area contributed by atoms with Gasteiger partial charge in [-0.2, -0.15) is 0 Å². The highest BCUT2D eigenvalue weighted by Gasteiger charge is 2.24. The van der Waals surface area contributed by atoms with Crippen LogP contribution in [0.2, 0.25) is 0 Å². The van der Waals surface area contributed by atoms with Crippen molar-refractivity contribution in [1.82, 2.24) is 0 Å². The Kier molecular flexibility index (Phi) is 13.2. The number of carbonyl (C=O) groups is 4. The molecule has 0 aromatic heterocycles. The molecule has 0 N–H and O–H groups in total. The van der Waals surface area contributed by atoms with Crippen molar-refractivity contribution in [3.63, 3.8) is 0 Å². The first kappa shape index (κ1) is 28.6. The molecule has 0 aromatic carbocycles. The van der Waals surface area contributed by atoms with Crippen LogP contribution in [-0.2, 0) is 52.2 Å². The van der Waals surface area contributed by atoms with Crippen molar-refractivity contribution >= 4 is 24.2 Å². The third-order valence-electron chi connectivity index (χ3n) is 4.98. The van der Waals surface area contributed by atoms with Gasteiger partial charge in [0.1, 0.15) is 26.4 Å². The minimum Gasteiger partial charge on any atom is -0.460 e. The fourth-order valence-corrected chi connectivity index (χ4v) is 3.06. The van der Waals surface area contributed by atoms with Crippen LogP contribution in [0.5, 0.6) is 0 Å². The Balaban J connectivity index is 1.42. The van der Waals surface area contributed by atoms with Crippen LogP contribution < -0.4 is 0 Å². The summed E-state index contributed by atoms with van der Waals surface area (Å²) in [6, 6.07) is 0. The first-order valence-corrected chi connectivity index (χ1v) is 11.7. The first-order chi connectivity index (χ1) is 16.8. The highest BCUT2D eigenvalue weighted by molar-refractivity contribution is 5.77. The predicted octanol–water partition coefficient (Wildman–Crippen LogP) is 1.53. The quantitative estimate of drug-likeness (QED) is 0.190. The van der Waals surface area contributed by atoms with Gasteiger partial charge in [-0.15, -0.1) is 0 Å². The molecule has 2 fully saturated rings. The molecule has 200 valence electrons. The lowest BCUT2D eigenvalue weighted by atomic mass is 10.2. The van der Waals surface area contributed by atoms with Gasteiger partial charge >= 0.3 is 24.2 Å². The molecule has 0 spiro atoms. The molecule has 2 saturated heterocycles. The third-order valence-corrected chi connectivity index (χ3v) is 4.98. The zero-order valence-corrected chi connectivity index (χ0v) is 20.1. The van der Waals surface area contributed by atoms with Gasteiger partial charge in [-0.3, -0.25) is 0 Å². The van der Waals surface area contributed by atoms with Crippen molar-refractivity contribution in [3.05, 3.63) is 0 Å². The second-order valence-corrected chi connectivity index (χ2v) is 7.86. The van der Waals surface area contributed by atoms with Crippen LogP contribution >= 0.6 is 0 Å². The summed E-state index contributed by atoms with van der Waals surface area (Å²) in [7, 11) is 0. The number of carbonyl (C=O) groups excluding carboxylic acids is 4. The Morgan fingerprint density at radius 2 is 1.11 bits per heavy atom. The highest BCUT2D eigenvalue weighted by atomic mass is 16.7. The predicted molar refractivity (Wildman–Crippen MR) is 114 cm³/mol. The number of hydrogen-bond donors (Lipinski definition) is 0. The Morgan fingerprint density at radius 1 is 0.686 bits per heavy atom. The lowest BCUT2D eigenvalue weighted by Gasteiger charge is -2.15. The van der Waals surface area contributed by atoms with E-state index in [9.17, 15) is 19.2 Å². The van der Waals surface area contributed by atoms with E-state index in [0.717, 1.165) is 25.7 Å². The Bertz CT molecular complexity index is 614. The second kappa shape index (κ2) is 16.1. The number of hydrogen-bond acceptors (Lipinski definition) is 13. The van der Waals surface area contributed by atoms with Gasteiger partial charge in [0.25, 0.3) is 0 Å². The van der Waals surface area contributed by atoms with E-state index in [0.29, 0.717) is 13.2 Å². The molecule has 0 bridgehead atoms. The van der Waals surface area contributed by atoms with Gasteiger partial charge in [0.05, 0.1) is 25.4 Å². The lowest BCUT2D eigenvalue weighted by molar-refractivity contribution is -0.157. The average molecular weight is 507 g/mol. The molecular weight excluding hydrogens is 472 g/mol. The van der Waals surface area contributed by atoms with Crippen LogP contribution in [0, 0.1) is 0 Å². The maximum Gasteiger partial charge on any atom is 0.509 e. The lowest BCUT2D eigenvalue weighted by Crippen LogP contribution is -2.30. The molecule has 0 aliphatic carbocycles. The van der Waals surface area contributed by atoms with Crippen LogP contribution in [0.3, 0.4) is 0 Å². The van der Waals surface area contributed by atoms with Crippen LogP contribution in [0.25, 0.3) is 0 Å². The fraction of sp³-hybridized carbons (Fsp3) is 0.818. The molecular formula is C22H34O13.